The fraction of sp³-hybridized carbons (Fsp3) is 0.250. The molecule has 1 saturated heterocycles. The average Bonchev–Trinajstić information content (AvgIpc) is 3.52. The Balaban J connectivity index is 1.31. The third kappa shape index (κ3) is 4.97. The molecular formula is C24H23ClFN5O2S2. The Morgan fingerprint density at radius 3 is 2.97 bits per heavy atom. The fourth-order valence-corrected chi connectivity index (χ4v) is 6.48. The summed E-state index contributed by atoms with van der Waals surface area (Å²) in [5, 5.41) is 4.00. The molecule has 0 spiro atoms. The van der Waals surface area contributed by atoms with Gasteiger partial charge < -0.3 is 4.90 Å². The summed E-state index contributed by atoms with van der Waals surface area (Å²) < 4.78 is 42.6. The quantitative estimate of drug-likeness (QED) is 0.362. The van der Waals surface area contributed by atoms with Crippen molar-refractivity contribution in [2.45, 2.75) is 23.9 Å². The van der Waals surface area contributed by atoms with Crippen LogP contribution in [-0.2, 0) is 16.6 Å². The van der Waals surface area contributed by atoms with E-state index in [1.54, 1.807) is 6.20 Å². The highest BCUT2D eigenvalue weighted by Crippen LogP contribution is 2.34. The molecule has 1 aliphatic rings. The van der Waals surface area contributed by atoms with Crippen LogP contribution in [0.5, 0.6) is 0 Å². The largest absolute Gasteiger partial charge is 0.369 e. The van der Waals surface area contributed by atoms with Crippen LogP contribution < -0.4 is 9.62 Å². The topological polar surface area (TPSA) is 78.4 Å². The first-order chi connectivity index (χ1) is 16.8. The van der Waals surface area contributed by atoms with Gasteiger partial charge in [-0.05, 0) is 29.5 Å². The molecule has 0 radical (unpaired) electrons. The van der Waals surface area contributed by atoms with Gasteiger partial charge in [-0.15, -0.1) is 11.3 Å². The zero-order valence-corrected chi connectivity index (χ0v) is 21.2. The number of pyridine rings is 1. The maximum atomic E-state index is 15.0. The second-order valence-electron chi connectivity index (χ2n) is 8.52. The zero-order valence-electron chi connectivity index (χ0n) is 18.9. The van der Waals surface area contributed by atoms with Crippen molar-refractivity contribution in [3.8, 4) is 0 Å². The number of sulfonamides is 1. The highest BCUT2D eigenvalue weighted by Gasteiger charge is 2.29. The fourth-order valence-electron chi connectivity index (χ4n) is 4.47. The number of likely N-dealkylation sites (N-methyl/N-ethyl adjacent to an activating group) is 1. The Morgan fingerprint density at radius 2 is 2.17 bits per heavy atom. The van der Waals surface area contributed by atoms with E-state index >= 15 is 0 Å². The predicted octanol–water partition coefficient (Wildman–Crippen LogP) is 5.00. The molecule has 182 valence electrons. The molecule has 4 aromatic rings. The summed E-state index contributed by atoms with van der Waals surface area (Å²) in [6.07, 6.45) is 4.57. The lowest BCUT2D eigenvalue weighted by atomic mass is 10.1. The number of nitrogens with zero attached hydrogens (tertiary/aromatic N) is 4. The summed E-state index contributed by atoms with van der Waals surface area (Å²) in [7, 11) is -2.30. The molecular weight excluding hydrogens is 509 g/mol. The van der Waals surface area contributed by atoms with Gasteiger partial charge in [0.2, 0.25) is 0 Å². The van der Waals surface area contributed by atoms with Crippen LogP contribution in [0.4, 0.5) is 15.9 Å². The molecule has 0 aliphatic carbocycles. The van der Waals surface area contributed by atoms with Gasteiger partial charge in [0.1, 0.15) is 10.7 Å². The average molecular weight is 532 g/mol. The number of rotatable bonds is 7. The van der Waals surface area contributed by atoms with E-state index in [-0.39, 0.29) is 16.9 Å². The second-order valence-corrected chi connectivity index (χ2v) is 11.3. The van der Waals surface area contributed by atoms with Gasteiger partial charge in [-0.1, -0.05) is 29.8 Å². The van der Waals surface area contributed by atoms with Crippen molar-refractivity contribution < 1.29 is 12.8 Å². The number of hydrogen-bond acceptors (Lipinski definition) is 7. The lowest BCUT2D eigenvalue weighted by molar-refractivity contribution is 0.327. The molecule has 35 heavy (non-hydrogen) atoms. The van der Waals surface area contributed by atoms with Crippen molar-refractivity contribution in [2.75, 3.05) is 29.8 Å². The van der Waals surface area contributed by atoms with Gasteiger partial charge in [0.15, 0.2) is 5.82 Å². The van der Waals surface area contributed by atoms with E-state index in [0.29, 0.717) is 5.69 Å². The monoisotopic (exact) mass is 531 g/mol. The molecule has 1 unspecified atom stereocenters. The highest BCUT2D eigenvalue weighted by atomic mass is 35.5. The molecule has 7 nitrogen and oxygen atoms in total. The maximum absolute atomic E-state index is 15.0. The Labute approximate surface area is 212 Å². The minimum absolute atomic E-state index is 0.107. The normalized spacial score (nSPS) is 16.6. The molecule has 1 N–H and O–H groups in total. The van der Waals surface area contributed by atoms with Crippen LogP contribution in [0, 0.1) is 5.82 Å². The molecule has 0 bridgehead atoms. The first-order valence-corrected chi connectivity index (χ1v) is 13.8. The third-order valence-corrected chi connectivity index (χ3v) is 8.56. The number of hydrogen-bond donors (Lipinski definition) is 1. The number of benzene rings is 2. The lowest BCUT2D eigenvalue weighted by Crippen LogP contribution is -2.34. The number of nitrogens with one attached hydrogen (secondary N) is 1. The van der Waals surface area contributed by atoms with Gasteiger partial charge >= 0.3 is 0 Å². The van der Waals surface area contributed by atoms with Crippen LogP contribution in [0.2, 0.25) is 5.02 Å². The molecule has 1 atom stereocenters. The SMILES string of the molecule is CN(c1cc(F)c(S(=O)(=O)Nc2cscn2)cc1Cl)C1CCN(Cc2cccc3ccncc23)C1. The van der Waals surface area contributed by atoms with Crippen molar-refractivity contribution in [3.63, 3.8) is 0 Å². The van der Waals surface area contributed by atoms with Gasteiger partial charge in [0, 0.05) is 62.0 Å². The predicted molar refractivity (Wildman–Crippen MR) is 138 cm³/mol. The van der Waals surface area contributed by atoms with Gasteiger partial charge in [0.25, 0.3) is 10.0 Å². The molecule has 0 amide bonds. The maximum Gasteiger partial charge on any atom is 0.266 e. The van der Waals surface area contributed by atoms with Crippen molar-refractivity contribution in [3.05, 3.63) is 76.1 Å². The van der Waals surface area contributed by atoms with E-state index in [4.69, 9.17) is 11.6 Å². The highest BCUT2D eigenvalue weighted by molar-refractivity contribution is 7.92. The van der Waals surface area contributed by atoms with E-state index in [2.05, 4.69) is 37.8 Å². The molecule has 0 saturated carbocycles. The number of likely N-dealkylation sites (tertiary alicyclic amines) is 1. The molecule has 3 heterocycles. The number of halogens is 2. The van der Waals surface area contributed by atoms with Gasteiger partial charge in [-0.25, -0.2) is 17.8 Å². The van der Waals surface area contributed by atoms with Crippen molar-refractivity contribution in [2.24, 2.45) is 0 Å². The van der Waals surface area contributed by atoms with Gasteiger partial charge in [-0.3, -0.25) is 14.6 Å². The number of anilines is 2. The Kier molecular flexibility index (Phi) is 6.63. The van der Waals surface area contributed by atoms with E-state index in [0.717, 1.165) is 42.9 Å². The van der Waals surface area contributed by atoms with Gasteiger partial charge in [0.05, 0.1) is 16.2 Å². The summed E-state index contributed by atoms with van der Waals surface area (Å²) >= 11 is 7.69. The van der Waals surface area contributed by atoms with Crippen LogP contribution in [0.3, 0.4) is 0 Å². The number of thiazole rings is 1. The minimum Gasteiger partial charge on any atom is -0.369 e. The molecule has 2 aromatic carbocycles. The van der Waals surface area contributed by atoms with Crippen LogP contribution >= 0.6 is 22.9 Å². The zero-order chi connectivity index (χ0) is 24.6. The first-order valence-electron chi connectivity index (χ1n) is 11.0. The van der Waals surface area contributed by atoms with Crippen LogP contribution in [0.25, 0.3) is 10.8 Å². The Bertz CT molecular complexity index is 1460. The van der Waals surface area contributed by atoms with Crippen LogP contribution in [0.1, 0.15) is 12.0 Å². The van der Waals surface area contributed by atoms with E-state index in [1.165, 1.54) is 33.9 Å². The van der Waals surface area contributed by atoms with E-state index in [1.807, 2.05) is 24.2 Å². The van der Waals surface area contributed by atoms with Crippen molar-refractivity contribution in [1.29, 1.82) is 0 Å². The summed E-state index contributed by atoms with van der Waals surface area (Å²) in [5.74, 6) is -0.725. The first kappa shape index (κ1) is 23.9. The Hall–Kier alpha value is -2.79. The standard InChI is InChI=1S/C24H23ClFN5O2S2/c1-30(18-6-8-31(13-18)12-17-4-2-3-16-5-7-27-11-19(16)17)22-10-21(26)23(9-20(22)25)35(32,33)29-24-14-34-15-28-24/h2-5,7,9-11,14-15,18,29H,6,8,12-13H2,1H3. The number of aromatic nitrogens is 2. The number of fused-ring (bicyclic) bond motifs is 1. The summed E-state index contributed by atoms with van der Waals surface area (Å²) in [6.45, 7) is 2.45. The molecule has 1 aliphatic heterocycles. The van der Waals surface area contributed by atoms with Gasteiger partial charge in [-0.2, -0.15) is 0 Å². The van der Waals surface area contributed by atoms with Crippen LogP contribution in [0.15, 0.2) is 64.6 Å². The summed E-state index contributed by atoms with van der Waals surface area (Å²) in [6, 6.07) is 10.7. The lowest BCUT2D eigenvalue weighted by Gasteiger charge is -2.28. The molecule has 11 heteroatoms. The minimum atomic E-state index is -4.16. The summed E-state index contributed by atoms with van der Waals surface area (Å²) in [5.41, 5.74) is 3.16. The van der Waals surface area contributed by atoms with Crippen molar-refractivity contribution >= 4 is 55.2 Å². The van der Waals surface area contributed by atoms with Crippen molar-refractivity contribution in [1.82, 2.24) is 14.9 Å². The smallest absolute Gasteiger partial charge is 0.266 e. The van der Waals surface area contributed by atoms with E-state index in [9.17, 15) is 12.8 Å². The second kappa shape index (κ2) is 9.69. The molecule has 5 rings (SSSR count). The molecule has 1 fully saturated rings. The third-order valence-electron chi connectivity index (χ3n) is 6.31. The van der Waals surface area contributed by atoms with Crippen LogP contribution in [-0.4, -0.2) is 49.5 Å². The molecule has 2 aromatic heterocycles. The summed E-state index contributed by atoms with van der Waals surface area (Å²) in [4.78, 5) is 11.9. The van der Waals surface area contributed by atoms with E-state index < -0.39 is 20.7 Å². The Morgan fingerprint density at radius 1 is 1.31 bits per heavy atom.